The van der Waals surface area contributed by atoms with Gasteiger partial charge in [-0.1, -0.05) is 6.07 Å². The minimum absolute atomic E-state index is 0.326. The van der Waals surface area contributed by atoms with Gasteiger partial charge in [-0.15, -0.1) is 0 Å². The molecule has 1 aromatic carbocycles. The molecule has 1 heterocycles. The molecule has 0 amide bonds. The molecule has 0 aliphatic carbocycles. The molecular formula is C13H14N2O2. The molecule has 17 heavy (non-hydrogen) atoms. The Morgan fingerprint density at radius 1 is 1.53 bits per heavy atom. The van der Waals surface area contributed by atoms with Crippen LogP contribution in [0.2, 0.25) is 0 Å². The minimum atomic E-state index is -0.326. The number of carbonyl (C=O) groups excluding carboxylic acids is 1. The summed E-state index contributed by atoms with van der Waals surface area (Å²) in [6.45, 7) is 4.08. The quantitative estimate of drug-likeness (QED) is 0.651. The van der Waals surface area contributed by atoms with Crippen molar-refractivity contribution in [2.75, 3.05) is 6.61 Å². The van der Waals surface area contributed by atoms with Crippen molar-refractivity contribution in [1.29, 1.82) is 0 Å². The smallest absolute Gasteiger partial charge is 0.330 e. The lowest BCUT2D eigenvalue weighted by molar-refractivity contribution is -0.137. The fraction of sp³-hybridized carbons (Fsp3) is 0.231. The first kappa shape index (κ1) is 11.4. The molecule has 2 aromatic rings. The number of benzene rings is 1. The zero-order chi connectivity index (χ0) is 12.3. The Hall–Kier alpha value is -2.10. The van der Waals surface area contributed by atoms with E-state index in [1.807, 2.05) is 25.1 Å². The number of aromatic nitrogens is 2. The van der Waals surface area contributed by atoms with E-state index in [-0.39, 0.29) is 5.97 Å². The zero-order valence-corrected chi connectivity index (χ0v) is 9.86. The Kier molecular flexibility index (Phi) is 3.23. The molecule has 0 spiro atoms. The number of hydrogen-bond donors (Lipinski definition) is 1. The number of nitrogens with zero attached hydrogens (tertiary/aromatic N) is 1. The Labute approximate surface area is 99.3 Å². The molecule has 0 saturated heterocycles. The number of aryl methyl sites for hydroxylation is 1. The van der Waals surface area contributed by atoms with Crippen molar-refractivity contribution in [3.8, 4) is 0 Å². The summed E-state index contributed by atoms with van der Waals surface area (Å²) in [5, 5.41) is 0. The van der Waals surface area contributed by atoms with Crippen LogP contribution >= 0.6 is 0 Å². The van der Waals surface area contributed by atoms with Gasteiger partial charge in [-0.05, 0) is 37.6 Å². The monoisotopic (exact) mass is 230 g/mol. The van der Waals surface area contributed by atoms with Crippen LogP contribution in [0.4, 0.5) is 0 Å². The van der Waals surface area contributed by atoms with E-state index in [1.54, 1.807) is 13.0 Å². The molecular weight excluding hydrogens is 216 g/mol. The third kappa shape index (κ3) is 2.72. The molecule has 0 aliphatic heterocycles. The second kappa shape index (κ2) is 4.82. The summed E-state index contributed by atoms with van der Waals surface area (Å²) < 4.78 is 4.81. The number of fused-ring (bicyclic) bond motifs is 1. The van der Waals surface area contributed by atoms with Crippen LogP contribution in [0.5, 0.6) is 0 Å². The molecule has 4 heteroatoms. The number of ether oxygens (including phenoxy) is 1. The van der Waals surface area contributed by atoms with Gasteiger partial charge >= 0.3 is 5.97 Å². The van der Waals surface area contributed by atoms with E-state index in [4.69, 9.17) is 4.74 Å². The van der Waals surface area contributed by atoms with Crippen LogP contribution in [0.15, 0.2) is 24.3 Å². The summed E-state index contributed by atoms with van der Waals surface area (Å²) in [5.41, 5.74) is 2.83. The number of esters is 1. The lowest BCUT2D eigenvalue weighted by Crippen LogP contribution is -1.98. The van der Waals surface area contributed by atoms with Crippen molar-refractivity contribution in [2.24, 2.45) is 0 Å². The molecule has 1 aromatic heterocycles. The molecule has 1 N–H and O–H groups in total. The van der Waals surface area contributed by atoms with Gasteiger partial charge < -0.3 is 9.72 Å². The van der Waals surface area contributed by atoms with Gasteiger partial charge in [0.25, 0.3) is 0 Å². The van der Waals surface area contributed by atoms with Gasteiger partial charge in [0.1, 0.15) is 5.82 Å². The highest BCUT2D eigenvalue weighted by Gasteiger charge is 1.99. The predicted molar refractivity (Wildman–Crippen MR) is 66.5 cm³/mol. The fourth-order valence-electron chi connectivity index (χ4n) is 1.61. The topological polar surface area (TPSA) is 55.0 Å². The normalized spacial score (nSPS) is 11.2. The maximum atomic E-state index is 11.2. The summed E-state index contributed by atoms with van der Waals surface area (Å²) in [4.78, 5) is 18.6. The van der Waals surface area contributed by atoms with Crippen LogP contribution in [0, 0.1) is 6.92 Å². The van der Waals surface area contributed by atoms with Crippen molar-refractivity contribution in [1.82, 2.24) is 9.97 Å². The first-order valence-corrected chi connectivity index (χ1v) is 5.50. The van der Waals surface area contributed by atoms with E-state index in [1.165, 1.54) is 6.08 Å². The number of H-pyrrole nitrogens is 1. The Morgan fingerprint density at radius 3 is 3.12 bits per heavy atom. The standard InChI is InChI=1S/C13H14N2O2/c1-3-17-13(16)7-5-10-4-6-11-12(8-10)15-9(2)14-11/h4-8H,3H2,1-2H3,(H,14,15). The van der Waals surface area contributed by atoms with Crippen molar-refractivity contribution in [2.45, 2.75) is 13.8 Å². The van der Waals surface area contributed by atoms with Gasteiger partial charge in [-0.25, -0.2) is 9.78 Å². The number of hydrogen-bond acceptors (Lipinski definition) is 3. The molecule has 0 fully saturated rings. The van der Waals surface area contributed by atoms with Crippen LogP contribution in [-0.2, 0) is 9.53 Å². The van der Waals surface area contributed by atoms with E-state index >= 15 is 0 Å². The molecule has 0 radical (unpaired) electrons. The summed E-state index contributed by atoms with van der Waals surface area (Å²) in [7, 11) is 0. The first-order valence-electron chi connectivity index (χ1n) is 5.50. The minimum Gasteiger partial charge on any atom is -0.463 e. The average Bonchev–Trinajstić information content (AvgIpc) is 2.66. The third-order valence-electron chi connectivity index (χ3n) is 2.32. The predicted octanol–water partition coefficient (Wildman–Crippen LogP) is 2.45. The Morgan fingerprint density at radius 2 is 2.35 bits per heavy atom. The highest BCUT2D eigenvalue weighted by Crippen LogP contribution is 2.14. The van der Waals surface area contributed by atoms with Crippen LogP contribution in [0.1, 0.15) is 18.3 Å². The van der Waals surface area contributed by atoms with E-state index in [0.29, 0.717) is 6.61 Å². The van der Waals surface area contributed by atoms with Gasteiger partial charge in [0.2, 0.25) is 0 Å². The van der Waals surface area contributed by atoms with Crippen LogP contribution in [0.3, 0.4) is 0 Å². The van der Waals surface area contributed by atoms with Crippen molar-refractivity contribution >= 4 is 23.1 Å². The van der Waals surface area contributed by atoms with E-state index in [9.17, 15) is 4.79 Å². The maximum Gasteiger partial charge on any atom is 0.330 e. The molecule has 0 bridgehead atoms. The summed E-state index contributed by atoms with van der Waals surface area (Å²) in [5.74, 6) is 0.555. The number of aromatic amines is 1. The van der Waals surface area contributed by atoms with Gasteiger partial charge in [0.05, 0.1) is 17.6 Å². The maximum absolute atomic E-state index is 11.2. The van der Waals surface area contributed by atoms with Gasteiger partial charge in [-0.3, -0.25) is 0 Å². The van der Waals surface area contributed by atoms with Crippen molar-refractivity contribution in [3.05, 3.63) is 35.7 Å². The van der Waals surface area contributed by atoms with E-state index in [0.717, 1.165) is 22.4 Å². The van der Waals surface area contributed by atoms with Crippen LogP contribution in [-0.4, -0.2) is 22.5 Å². The van der Waals surface area contributed by atoms with Gasteiger partial charge in [0, 0.05) is 6.08 Å². The number of rotatable bonds is 3. The van der Waals surface area contributed by atoms with E-state index in [2.05, 4.69) is 9.97 Å². The summed E-state index contributed by atoms with van der Waals surface area (Å²) >= 11 is 0. The highest BCUT2D eigenvalue weighted by atomic mass is 16.5. The molecule has 0 aliphatic rings. The lowest BCUT2D eigenvalue weighted by Gasteiger charge is -1.95. The second-order valence-corrected chi connectivity index (χ2v) is 3.68. The summed E-state index contributed by atoms with van der Waals surface area (Å²) in [6.07, 6.45) is 3.15. The fourth-order valence-corrected chi connectivity index (χ4v) is 1.61. The zero-order valence-electron chi connectivity index (χ0n) is 9.86. The van der Waals surface area contributed by atoms with E-state index < -0.39 is 0 Å². The SMILES string of the molecule is CCOC(=O)C=Cc1ccc2nc(C)[nH]c2c1. The Balaban J connectivity index is 2.21. The number of imidazole rings is 1. The molecule has 0 saturated carbocycles. The molecule has 88 valence electrons. The van der Waals surface area contributed by atoms with Crippen molar-refractivity contribution in [3.63, 3.8) is 0 Å². The third-order valence-corrected chi connectivity index (χ3v) is 2.32. The van der Waals surface area contributed by atoms with Crippen molar-refractivity contribution < 1.29 is 9.53 Å². The highest BCUT2D eigenvalue weighted by molar-refractivity contribution is 5.88. The summed E-state index contributed by atoms with van der Waals surface area (Å²) in [6, 6.07) is 5.78. The number of carbonyl (C=O) groups is 1. The Bertz CT molecular complexity index is 570. The molecule has 0 atom stereocenters. The van der Waals surface area contributed by atoms with Crippen LogP contribution in [0.25, 0.3) is 17.1 Å². The largest absolute Gasteiger partial charge is 0.463 e. The molecule has 2 rings (SSSR count). The number of nitrogens with one attached hydrogen (secondary N) is 1. The second-order valence-electron chi connectivity index (χ2n) is 3.68. The molecule has 0 unspecified atom stereocenters. The van der Waals surface area contributed by atoms with Gasteiger partial charge in [0.15, 0.2) is 0 Å². The lowest BCUT2D eigenvalue weighted by atomic mass is 10.2. The molecule has 4 nitrogen and oxygen atoms in total. The first-order chi connectivity index (χ1) is 8.19. The average molecular weight is 230 g/mol. The van der Waals surface area contributed by atoms with Gasteiger partial charge in [-0.2, -0.15) is 0 Å². The van der Waals surface area contributed by atoms with Crippen LogP contribution < -0.4 is 0 Å².